The molecule has 53 heavy (non-hydrogen) atoms. The van der Waals surface area contributed by atoms with Crippen LogP contribution in [-0.2, 0) is 17.8 Å². The number of carbonyl (C=O) groups is 2. The van der Waals surface area contributed by atoms with Crippen LogP contribution in [0.3, 0.4) is 0 Å². The second-order valence-electron chi connectivity index (χ2n) is 14.3. The molecule has 8 N–H and O–H groups in total. The molecule has 8 rings (SSSR count). The highest BCUT2D eigenvalue weighted by Gasteiger charge is 2.66. The number of dihydropyridines is 1. The monoisotopic (exact) mass is 760 g/mol. The number of benzene rings is 2. The van der Waals surface area contributed by atoms with Gasteiger partial charge in [-0.3, -0.25) is 9.59 Å². The number of ether oxygens (including phenoxy) is 2. The van der Waals surface area contributed by atoms with Gasteiger partial charge in [-0.25, -0.2) is 0 Å². The van der Waals surface area contributed by atoms with E-state index in [1.807, 2.05) is 30.4 Å². The van der Waals surface area contributed by atoms with Crippen LogP contribution >= 0.6 is 21.6 Å². The van der Waals surface area contributed by atoms with Crippen molar-refractivity contribution in [2.75, 3.05) is 24.8 Å². The number of carbonyl (C=O) groups excluding carboxylic acids is 2. The first-order chi connectivity index (χ1) is 25.5. The smallest absolute Gasteiger partial charge is 0.230 e. The van der Waals surface area contributed by atoms with E-state index in [-0.39, 0.29) is 41.4 Å². The highest BCUT2D eigenvalue weighted by atomic mass is 33.1. The normalized spacial score (nSPS) is 34.8. The zero-order chi connectivity index (χ0) is 37.1. The summed E-state index contributed by atoms with van der Waals surface area (Å²) in [7, 11) is 2.76. The Labute approximate surface area is 313 Å². The van der Waals surface area contributed by atoms with Crippen molar-refractivity contribution in [3.8, 4) is 5.75 Å². The topological polar surface area (TPSA) is 198 Å². The number of hydrogen-bond acceptors (Lipinski definition) is 14. The molecule has 7 bridgehead atoms. The molecule has 278 valence electrons. The lowest BCUT2D eigenvalue weighted by Crippen LogP contribution is -2.76. The van der Waals surface area contributed by atoms with Gasteiger partial charge in [0.2, 0.25) is 6.29 Å². The average molecular weight is 761 g/mol. The van der Waals surface area contributed by atoms with Gasteiger partial charge in [-0.2, -0.15) is 0 Å². The highest BCUT2D eigenvalue weighted by Crippen LogP contribution is 2.54. The Balaban J connectivity index is 1.23. The maximum absolute atomic E-state index is 15.0. The van der Waals surface area contributed by atoms with Gasteiger partial charge >= 0.3 is 0 Å². The number of allylic oxidation sites excluding steroid dienone is 6. The van der Waals surface area contributed by atoms with Crippen molar-refractivity contribution >= 4 is 33.2 Å². The molecule has 0 radical (unpaired) electrons. The predicted octanol–water partition coefficient (Wildman–Crippen LogP) is 2.59. The number of ketones is 2. The fraction of sp³-hybridized carbons (Fsp3) is 0.385. The van der Waals surface area contributed by atoms with E-state index in [0.29, 0.717) is 30.2 Å². The molecule has 12 nitrogen and oxygen atoms in total. The van der Waals surface area contributed by atoms with Crippen LogP contribution < -0.4 is 15.4 Å². The van der Waals surface area contributed by atoms with Crippen molar-refractivity contribution in [3.63, 3.8) is 0 Å². The number of hydrogen-bond donors (Lipinski definition) is 8. The quantitative estimate of drug-likeness (QED) is 0.167. The fourth-order valence-electron chi connectivity index (χ4n) is 8.40. The third kappa shape index (κ3) is 5.78. The van der Waals surface area contributed by atoms with Crippen LogP contribution in [0.2, 0.25) is 0 Å². The van der Waals surface area contributed by atoms with Crippen molar-refractivity contribution in [3.05, 3.63) is 124 Å². The molecular formula is C39H40N2O10S2. The van der Waals surface area contributed by atoms with Crippen LogP contribution in [0.25, 0.3) is 0 Å². The van der Waals surface area contributed by atoms with E-state index in [4.69, 9.17) is 9.47 Å². The number of nitrogens with one attached hydrogen (secondary N) is 2. The summed E-state index contributed by atoms with van der Waals surface area (Å²) >= 11 is 0. The van der Waals surface area contributed by atoms with Gasteiger partial charge < -0.3 is 50.7 Å². The zero-order valence-corrected chi connectivity index (χ0v) is 30.1. The van der Waals surface area contributed by atoms with Gasteiger partial charge in [0.05, 0.1) is 36.4 Å². The van der Waals surface area contributed by atoms with Crippen LogP contribution in [0, 0.1) is 17.3 Å². The molecule has 8 unspecified atom stereocenters. The van der Waals surface area contributed by atoms with Crippen LogP contribution in [0.15, 0.2) is 102 Å². The van der Waals surface area contributed by atoms with Crippen LogP contribution in [0.1, 0.15) is 38.3 Å². The number of aliphatic hydroxyl groups is 6. The first-order valence-corrected chi connectivity index (χ1v) is 19.9. The molecule has 3 heterocycles. The Hall–Kier alpha value is -3.86. The van der Waals surface area contributed by atoms with E-state index < -0.39 is 65.1 Å². The second kappa shape index (κ2) is 13.8. The van der Waals surface area contributed by atoms with E-state index in [0.717, 1.165) is 16.7 Å². The summed E-state index contributed by atoms with van der Waals surface area (Å²) in [4.78, 5) is 29.6. The third-order valence-electron chi connectivity index (χ3n) is 11.3. The highest BCUT2D eigenvalue weighted by molar-refractivity contribution is 8.76. The SMILES string of the molecule is O=C1c2cccc3c2C(=O)C2(CSSCNC4=CC(=CCN4)CC4C=CC5(CO)OC(O3)C(O)C4(O)C5O)C(O)=CC(Cc3cccc(CO)c3)=CC12. The molecule has 1 fully saturated rings. The molecule has 3 aliphatic heterocycles. The predicted molar refractivity (Wildman–Crippen MR) is 198 cm³/mol. The molecule has 3 aliphatic carbocycles. The first-order valence-electron chi connectivity index (χ1n) is 17.4. The molecule has 14 heteroatoms. The lowest BCUT2D eigenvalue weighted by Gasteiger charge is -2.57. The van der Waals surface area contributed by atoms with Gasteiger partial charge in [0.15, 0.2) is 11.6 Å². The Morgan fingerprint density at radius 3 is 2.62 bits per heavy atom. The minimum absolute atomic E-state index is 0.0285. The van der Waals surface area contributed by atoms with Crippen molar-refractivity contribution in [1.29, 1.82) is 0 Å². The molecule has 1 spiro atoms. The maximum Gasteiger partial charge on any atom is 0.230 e. The van der Waals surface area contributed by atoms with Crippen LogP contribution in [0.5, 0.6) is 5.75 Å². The van der Waals surface area contributed by atoms with Crippen LogP contribution in [0.4, 0.5) is 0 Å². The van der Waals surface area contributed by atoms with Gasteiger partial charge in [-0.1, -0.05) is 82.3 Å². The zero-order valence-electron chi connectivity index (χ0n) is 28.5. The third-order valence-corrected chi connectivity index (χ3v) is 13.5. The summed E-state index contributed by atoms with van der Waals surface area (Å²) in [5.74, 6) is -2.12. The summed E-state index contributed by atoms with van der Waals surface area (Å²) < 4.78 is 12.3. The summed E-state index contributed by atoms with van der Waals surface area (Å²) in [5, 5.41) is 74.2. The van der Waals surface area contributed by atoms with Gasteiger partial charge in [-0.05, 0) is 53.3 Å². The number of rotatable bonds is 4. The van der Waals surface area contributed by atoms with E-state index in [2.05, 4.69) is 10.6 Å². The molecular weight excluding hydrogens is 721 g/mol. The average Bonchev–Trinajstić information content (AvgIpc) is 3.16. The first kappa shape index (κ1) is 36.1. The summed E-state index contributed by atoms with van der Waals surface area (Å²) in [6, 6.07) is 11.9. The molecule has 8 atom stereocenters. The maximum atomic E-state index is 15.0. The van der Waals surface area contributed by atoms with Crippen molar-refractivity contribution in [2.45, 2.75) is 49.1 Å². The minimum Gasteiger partial charge on any atom is -0.511 e. The van der Waals surface area contributed by atoms with Gasteiger partial charge in [0.25, 0.3) is 0 Å². The van der Waals surface area contributed by atoms with E-state index >= 15 is 4.79 Å². The Bertz CT molecular complexity index is 2010. The van der Waals surface area contributed by atoms with Gasteiger partial charge in [-0.15, -0.1) is 0 Å². The van der Waals surface area contributed by atoms with Crippen molar-refractivity contribution in [2.24, 2.45) is 17.3 Å². The van der Waals surface area contributed by atoms with Crippen LogP contribution in [-0.4, -0.2) is 96.7 Å². The Kier molecular flexibility index (Phi) is 9.39. The van der Waals surface area contributed by atoms with E-state index in [9.17, 15) is 35.4 Å². The molecule has 2 aromatic carbocycles. The number of fused-ring (bicyclic) bond motifs is 3. The summed E-state index contributed by atoms with van der Waals surface area (Å²) in [6.07, 6.45) is 5.46. The van der Waals surface area contributed by atoms with Crippen molar-refractivity contribution in [1.82, 2.24) is 10.6 Å². The molecule has 0 amide bonds. The van der Waals surface area contributed by atoms with Gasteiger partial charge in [0, 0.05) is 23.8 Å². The Morgan fingerprint density at radius 2 is 1.81 bits per heavy atom. The minimum atomic E-state index is -2.26. The van der Waals surface area contributed by atoms with E-state index in [1.165, 1.54) is 51.9 Å². The Morgan fingerprint density at radius 1 is 1.00 bits per heavy atom. The summed E-state index contributed by atoms with van der Waals surface area (Å²) in [6.45, 7) is -0.405. The molecule has 6 aliphatic rings. The molecule has 0 saturated carbocycles. The molecule has 1 saturated heterocycles. The summed E-state index contributed by atoms with van der Waals surface area (Å²) in [5.41, 5.74) is -2.80. The molecule has 0 aromatic heterocycles. The number of Topliss-reactive ketones (excluding diaryl/α,β-unsaturated/α-hetero) is 2. The standard InChI is InChI=1S/C39H40N2O10S2/c42-17-23-4-1-3-21(11-23)12-24-14-27-32(45)26-5-2-6-28-31(26)33(46)38(27,29(44)15-24)19-52-53-20-41-30-16-22(8-10-40-30)13-25-7-9-37(18-43)36(48)39(25,49)34(47)35(50-28)51-37/h1-9,11,14-16,25,27,34-36,40-44,47-49H,10,12-13,17-20H2. The number of aliphatic hydroxyl groups excluding tert-OH is 5. The lowest BCUT2D eigenvalue weighted by molar-refractivity contribution is -0.349. The fourth-order valence-corrected chi connectivity index (χ4v) is 10.7. The lowest BCUT2D eigenvalue weighted by atomic mass is 9.60. The largest absolute Gasteiger partial charge is 0.511 e. The van der Waals surface area contributed by atoms with Crippen molar-refractivity contribution < 1.29 is 49.7 Å². The second-order valence-corrected chi connectivity index (χ2v) is 16.8. The van der Waals surface area contributed by atoms with Gasteiger partial charge in [0.1, 0.15) is 40.3 Å². The molecule has 2 aromatic rings. The van der Waals surface area contributed by atoms with E-state index in [1.54, 1.807) is 18.2 Å².